The lowest BCUT2D eigenvalue weighted by atomic mass is 10.1. The first-order chi connectivity index (χ1) is 33.0. The van der Waals surface area contributed by atoms with Crippen molar-refractivity contribution in [1.82, 2.24) is 0 Å². The van der Waals surface area contributed by atoms with Crippen LogP contribution in [0.2, 0.25) is 0 Å². The van der Waals surface area contributed by atoms with E-state index in [1.54, 1.807) is 0 Å². The van der Waals surface area contributed by atoms with Crippen molar-refractivity contribution in [1.29, 1.82) is 0 Å². The summed E-state index contributed by atoms with van der Waals surface area (Å²) >= 11 is 0. The first-order valence-corrected chi connectivity index (χ1v) is 28.1. The van der Waals surface area contributed by atoms with Crippen molar-refractivity contribution in [3.63, 3.8) is 0 Å². The average molecular weight is 933 g/mol. The van der Waals surface area contributed by atoms with Gasteiger partial charge in [0.05, 0.1) is 0 Å². The maximum absolute atomic E-state index is 12.8. The molecule has 0 saturated carbocycles. The van der Waals surface area contributed by atoms with E-state index >= 15 is 0 Å². The SMILES string of the molecule is CC/C=C\C/C=C\C/C=C\C/C=C\C/C=C\CCCCCC(=O)OCC(COC(=O)CCCCCCCCCCCCC)OC(=O)CCCCCCCCCCC/C=C\C/C=C\CCCCC. The highest BCUT2D eigenvalue weighted by Gasteiger charge is 2.19. The summed E-state index contributed by atoms with van der Waals surface area (Å²) in [5, 5.41) is 0. The Hall–Kier alpha value is -3.41. The van der Waals surface area contributed by atoms with E-state index in [0.29, 0.717) is 19.3 Å². The number of allylic oxidation sites excluding steroid dienone is 14. The molecule has 0 rings (SSSR count). The maximum atomic E-state index is 12.8. The molecule has 384 valence electrons. The summed E-state index contributed by atoms with van der Waals surface area (Å²) in [5.41, 5.74) is 0. The molecule has 0 radical (unpaired) electrons. The van der Waals surface area contributed by atoms with Crippen molar-refractivity contribution < 1.29 is 28.6 Å². The van der Waals surface area contributed by atoms with E-state index in [4.69, 9.17) is 14.2 Å². The zero-order valence-corrected chi connectivity index (χ0v) is 43.9. The summed E-state index contributed by atoms with van der Waals surface area (Å²) in [6.45, 7) is 6.47. The van der Waals surface area contributed by atoms with E-state index < -0.39 is 6.10 Å². The van der Waals surface area contributed by atoms with Crippen LogP contribution in [0.1, 0.15) is 265 Å². The van der Waals surface area contributed by atoms with Crippen molar-refractivity contribution >= 4 is 17.9 Å². The zero-order chi connectivity index (χ0) is 48.6. The third-order valence-electron chi connectivity index (χ3n) is 11.9. The van der Waals surface area contributed by atoms with Crippen LogP contribution in [0, 0.1) is 0 Å². The van der Waals surface area contributed by atoms with Crippen molar-refractivity contribution in [2.45, 2.75) is 271 Å². The smallest absolute Gasteiger partial charge is 0.306 e. The molecule has 0 amide bonds. The Morgan fingerprint density at radius 3 is 0.955 bits per heavy atom. The van der Waals surface area contributed by atoms with Gasteiger partial charge in [0.2, 0.25) is 0 Å². The van der Waals surface area contributed by atoms with Crippen LogP contribution >= 0.6 is 0 Å². The Morgan fingerprint density at radius 1 is 0.313 bits per heavy atom. The summed E-state index contributed by atoms with van der Waals surface area (Å²) < 4.78 is 16.8. The van der Waals surface area contributed by atoms with E-state index in [-0.39, 0.29) is 31.1 Å². The van der Waals surface area contributed by atoms with Gasteiger partial charge in [-0.3, -0.25) is 14.4 Å². The lowest BCUT2D eigenvalue weighted by Crippen LogP contribution is -2.30. The van der Waals surface area contributed by atoms with Gasteiger partial charge in [0.15, 0.2) is 6.10 Å². The lowest BCUT2D eigenvalue weighted by molar-refractivity contribution is -0.167. The van der Waals surface area contributed by atoms with Gasteiger partial charge >= 0.3 is 17.9 Å². The summed E-state index contributed by atoms with van der Waals surface area (Å²) in [5.74, 6) is -0.921. The highest BCUT2D eigenvalue weighted by molar-refractivity contribution is 5.71. The molecule has 0 aromatic heterocycles. The van der Waals surface area contributed by atoms with E-state index in [0.717, 1.165) is 103 Å². The van der Waals surface area contributed by atoms with Crippen LogP contribution in [0.25, 0.3) is 0 Å². The van der Waals surface area contributed by atoms with E-state index in [9.17, 15) is 14.4 Å². The molecule has 0 saturated heterocycles. The van der Waals surface area contributed by atoms with Crippen LogP contribution < -0.4 is 0 Å². The van der Waals surface area contributed by atoms with Gasteiger partial charge in [-0.25, -0.2) is 0 Å². The van der Waals surface area contributed by atoms with Gasteiger partial charge in [-0.05, 0) is 96.3 Å². The first kappa shape index (κ1) is 63.6. The molecule has 0 fully saturated rings. The quantitative estimate of drug-likeness (QED) is 0.0262. The zero-order valence-electron chi connectivity index (χ0n) is 43.9. The standard InChI is InChI=1S/C61H104O6/c1-4-7-10-13-16-19-22-24-26-28-30-32-34-36-39-42-45-48-51-54-60(63)66-57-58(56-65-59(62)53-50-47-44-41-38-21-18-15-12-9-6-3)67-61(64)55-52-49-46-43-40-37-35-33-31-29-27-25-23-20-17-14-11-8-5-2/h7,10,16-17,19-20,24-27,30,32,36,39,58H,4-6,8-9,11-15,18,21-23,28-29,31,33-35,37-38,40-57H2,1-3H3/b10-7-,19-16-,20-17-,26-24-,27-25-,32-30-,39-36-. The molecule has 0 aliphatic heterocycles. The highest BCUT2D eigenvalue weighted by Crippen LogP contribution is 2.15. The molecular weight excluding hydrogens is 829 g/mol. The van der Waals surface area contributed by atoms with Gasteiger partial charge in [-0.1, -0.05) is 234 Å². The largest absolute Gasteiger partial charge is 0.462 e. The summed E-state index contributed by atoms with van der Waals surface area (Å²) in [7, 11) is 0. The molecule has 0 aromatic rings. The second kappa shape index (κ2) is 55.2. The topological polar surface area (TPSA) is 78.9 Å². The molecule has 0 aliphatic carbocycles. The highest BCUT2D eigenvalue weighted by atomic mass is 16.6. The molecule has 1 atom stereocenters. The number of ether oxygens (including phenoxy) is 3. The van der Waals surface area contributed by atoms with Gasteiger partial charge in [-0.15, -0.1) is 0 Å². The van der Waals surface area contributed by atoms with E-state index in [1.165, 1.54) is 122 Å². The third-order valence-corrected chi connectivity index (χ3v) is 11.9. The fourth-order valence-corrected chi connectivity index (χ4v) is 7.68. The number of carbonyl (C=O) groups excluding carboxylic acids is 3. The van der Waals surface area contributed by atoms with Crippen LogP contribution in [0.3, 0.4) is 0 Å². The number of carbonyl (C=O) groups is 3. The molecule has 6 nitrogen and oxygen atoms in total. The number of hydrogen-bond donors (Lipinski definition) is 0. The number of hydrogen-bond acceptors (Lipinski definition) is 6. The monoisotopic (exact) mass is 933 g/mol. The molecule has 0 bridgehead atoms. The van der Waals surface area contributed by atoms with Crippen molar-refractivity contribution in [3.05, 3.63) is 85.1 Å². The summed E-state index contributed by atoms with van der Waals surface area (Å²) in [6.07, 6.45) is 71.4. The van der Waals surface area contributed by atoms with Gasteiger partial charge in [0, 0.05) is 19.3 Å². The van der Waals surface area contributed by atoms with Gasteiger partial charge in [-0.2, -0.15) is 0 Å². The maximum Gasteiger partial charge on any atom is 0.306 e. The number of unbranched alkanes of at least 4 members (excludes halogenated alkanes) is 25. The molecule has 6 heteroatoms. The van der Waals surface area contributed by atoms with E-state index in [1.807, 2.05) is 0 Å². The predicted molar refractivity (Wildman–Crippen MR) is 288 cm³/mol. The van der Waals surface area contributed by atoms with Crippen molar-refractivity contribution in [2.24, 2.45) is 0 Å². The first-order valence-electron chi connectivity index (χ1n) is 28.1. The second-order valence-corrected chi connectivity index (χ2v) is 18.5. The minimum Gasteiger partial charge on any atom is -0.462 e. The molecule has 0 heterocycles. The fraction of sp³-hybridized carbons (Fsp3) is 0.721. The molecule has 0 aromatic carbocycles. The Kier molecular flexibility index (Phi) is 52.4. The third kappa shape index (κ3) is 53.4. The number of esters is 3. The molecule has 0 spiro atoms. The summed E-state index contributed by atoms with van der Waals surface area (Å²) in [4.78, 5) is 38.1. The summed E-state index contributed by atoms with van der Waals surface area (Å²) in [6, 6.07) is 0. The predicted octanol–water partition coefficient (Wildman–Crippen LogP) is 18.8. The van der Waals surface area contributed by atoms with Crippen LogP contribution in [0.5, 0.6) is 0 Å². The van der Waals surface area contributed by atoms with Crippen LogP contribution in [-0.4, -0.2) is 37.2 Å². The number of rotatable bonds is 50. The Bertz CT molecular complexity index is 1300. The van der Waals surface area contributed by atoms with E-state index in [2.05, 4.69) is 106 Å². The Morgan fingerprint density at radius 2 is 0.582 bits per heavy atom. The van der Waals surface area contributed by atoms with Crippen LogP contribution in [-0.2, 0) is 28.6 Å². The lowest BCUT2D eigenvalue weighted by Gasteiger charge is -2.18. The van der Waals surface area contributed by atoms with Crippen LogP contribution in [0.4, 0.5) is 0 Å². The van der Waals surface area contributed by atoms with Crippen molar-refractivity contribution in [2.75, 3.05) is 13.2 Å². The minimum atomic E-state index is -0.791. The Balaban J connectivity index is 4.41. The van der Waals surface area contributed by atoms with Gasteiger partial charge < -0.3 is 14.2 Å². The van der Waals surface area contributed by atoms with Crippen molar-refractivity contribution in [3.8, 4) is 0 Å². The molecule has 67 heavy (non-hydrogen) atoms. The molecule has 0 N–H and O–H groups in total. The normalized spacial score (nSPS) is 12.7. The van der Waals surface area contributed by atoms with Gasteiger partial charge in [0.25, 0.3) is 0 Å². The molecule has 1 unspecified atom stereocenters. The van der Waals surface area contributed by atoms with Gasteiger partial charge in [0.1, 0.15) is 13.2 Å². The Labute approximate surface area is 414 Å². The second-order valence-electron chi connectivity index (χ2n) is 18.5. The molecule has 0 aliphatic rings. The van der Waals surface area contributed by atoms with Crippen LogP contribution in [0.15, 0.2) is 85.1 Å². The fourth-order valence-electron chi connectivity index (χ4n) is 7.68. The minimum absolute atomic E-state index is 0.0873. The molecular formula is C61H104O6. The average Bonchev–Trinajstić information content (AvgIpc) is 3.33.